The second-order valence-electron chi connectivity index (χ2n) is 4.95. The minimum Gasteiger partial charge on any atom is -0.325 e. The van der Waals surface area contributed by atoms with Gasteiger partial charge in [-0.25, -0.2) is 0 Å². The average molecular weight is 411 g/mol. The summed E-state index contributed by atoms with van der Waals surface area (Å²) in [5, 5.41) is 2.99. The zero-order chi connectivity index (χ0) is 15.4. The number of alkyl halides is 2. The van der Waals surface area contributed by atoms with Crippen LogP contribution in [-0.2, 0) is 4.79 Å². The molecule has 1 amide bonds. The molecule has 2 rings (SSSR count). The molecule has 0 unspecified atom stereocenters. The van der Waals surface area contributed by atoms with Gasteiger partial charge in [-0.15, -0.1) is 0 Å². The number of carbonyl (C=O) groups is 1. The van der Waals surface area contributed by atoms with Crippen LogP contribution in [0.1, 0.15) is 21.5 Å². The van der Waals surface area contributed by atoms with Crippen LogP contribution in [0.25, 0.3) is 0 Å². The Bertz CT molecular complexity index is 628. The summed E-state index contributed by atoms with van der Waals surface area (Å²) in [6.45, 7) is 4.05. The van der Waals surface area contributed by atoms with Gasteiger partial charge in [-0.3, -0.25) is 4.79 Å². The molecule has 0 aromatic heterocycles. The molecule has 2 aromatic carbocycles. The lowest BCUT2D eigenvalue weighted by molar-refractivity contribution is -0.115. The summed E-state index contributed by atoms with van der Waals surface area (Å²) in [6.07, 6.45) is 0. The molecule has 2 aromatic rings. The topological polar surface area (TPSA) is 29.1 Å². The highest BCUT2D eigenvalue weighted by atomic mass is 79.9. The van der Waals surface area contributed by atoms with Crippen molar-refractivity contribution in [2.24, 2.45) is 0 Å². The van der Waals surface area contributed by atoms with Crippen molar-refractivity contribution >= 4 is 43.5 Å². The third-order valence-electron chi connectivity index (χ3n) is 3.49. The zero-order valence-electron chi connectivity index (χ0n) is 11.9. The highest BCUT2D eigenvalue weighted by Gasteiger charge is 2.25. The van der Waals surface area contributed by atoms with Crippen molar-refractivity contribution in [1.29, 1.82) is 0 Å². The van der Waals surface area contributed by atoms with E-state index >= 15 is 0 Å². The van der Waals surface area contributed by atoms with Crippen LogP contribution in [0.2, 0.25) is 0 Å². The SMILES string of the molecule is Cc1cccc(NC(=O)[C@@H](Br)[C@@H](Br)c2ccccc2)c1C. The van der Waals surface area contributed by atoms with Gasteiger partial charge in [0, 0.05) is 5.69 Å². The molecule has 0 spiro atoms. The first-order chi connectivity index (χ1) is 10.0. The maximum absolute atomic E-state index is 12.4. The quantitative estimate of drug-likeness (QED) is 0.694. The number of amides is 1. The molecule has 0 fully saturated rings. The molecule has 0 bridgehead atoms. The van der Waals surface area contributed by atoms with Gasteiger partial charge in [-0.1, -0.05) is 74.3 Å². The molecule has 0 aliphatic carbocycles. The standard InChI is InChI=1S/C17H17Br2NO/c1-11-7-6-10-14(12(11)2)20-17(21)16(19)15(18)13-8-4-3-5-9-13/h3-10,15-16H,1-2H3,(H,20,21)/t15-,16-/m0/s1. The number of benzene rings is 2. The number of aryl methyl sites for hydroxylation is 1. The Kier molecular flexibility index (Phi) is 5.59. The number of halogens is 2. The molecule has 21 heavy (non-hydrogen) atoms. The normalized spacial score (nSPS) is 13.5. The van der Waals surface area contributed by atoms with Crippen molar-refractivity contribution in [1.82, 2.24) is 0 Å². The van der Waals surface area contributed by atoms with Crippen LogP contribution in [0.3, 0.4) is 0 Å². The summed E-state index contributed by atoms with van der Waals surface area (Å²) in [4.78, 5) is 12.0. The lowest BCUT2D eigenvalue weighted by Crippen LogP contribution is -2.26. The molecule has 0 saturated carbocycles. The van der Waals surface area contributed by atoms with E-state index in [2.05, 4.69) is 37.2 Å². The van der Waals surface area contributed by atoms with Gasteiger partial charge in [0.1, 0.15) is 4.83 Å². The van der Waals surface area contributed by atoms with Crippen LogP contribution in [0.4, 0.5) is 5.69 Å². The smallest absolute Gasteiger partial charge is 0.239 e. The summed E-state index contributed by atoms with van der Waals surface area (Å²) in [5.74, 6) is -0.0607. The predicted molar refractivity (Wildman–Crippen MR) is 95.4 cm³/mol. The second-order valence-corrected chi connectivity index (χ2v) is 6.92. The summed E-state index contributed by atoms with van der Waals surface area (Å²) < 4.78 is 0. The Morgan fingerprint density at radius 1 is 1.00 bits per heavy atom. The van der Waals surface area contributed by atoms with Crippen molar-refractivity contribution in [3.8, 4) is 0 Å². The third-order valence-corrected chi connectivity index (χ3v) is 6.20. The molecular formula is C17H17Br2NO. The first-order valence-corrected chi connectivity index (χ1v) is 8.54. The molecule has 0 aliphatic heterocycles. The van der Waals surface area contributed by atoms with Gasteiger partial charge in [0.05, 0.1) is 4.83 Å². The van der Waals surface area contributed by atoms with Crippen LogP contribution >= 0.6 is 31.9 Å². The van der Waals surface area contributed by atoms with E-state index in [-0.39, 0.29) is 15.6 Å². The fraction of sp³-hybridized carbons (Fsp3) is 0.235. The van der Waals surface area contributed by atoms with Gasteiger partial charge in [0.25, 0.3) is 0 Å². The number of carbonyl (C=O) groups excluding carboxylic acids is 1. The Hall–Kier alpha value is -1.13. The molecule has 2 atom stereocenters. The van der Waals surface area contributed by atoms with E-state index in [0.29, 0.717) is 0 Å². The predicted octanol–water partition coefficient (Wildman–Crippen LogP) is 5.14. The Labute approximate surface area is 142 Å². The first kappa shape index (κ1) is 16.2. The van der Waals surface area contributed by atoms with E-state index in [1.807, 2.05) is 62.4 Å². The molecule has 4 heteroatoms. The van der Waals surface area contributed by atoms with Crippen molar-refractivity contribution in [2.75, 3.05) is 5.32 Å². The zero-order valence-corrected chi connectivity index (χ0v) is 15.1. The van der Waals surface area contributed by atoms with Gasteiger partial charge >= 0.3 is 0 Å². The Morgan fingerprint density at radius 2 is 1.67 bits per heavy atom. The minimum absolute atomic E-state index is 0.0607. The van der Waals surface area contributed by atoms with Gasteiger partial charge in [-0.05, 0) is 36.6 Å². The monoisotopic (exact) mass is 409 g/mol. The number of nitrogens with one attached hydrogen (secondary N) is 1. The van der Waals surface area contributed by atoms with Gasteiger partial charge in [0.15, 0.2) is 0 Å². The number of rotatable bonds is 4. The molecule has 0 radical (unpaired) electrons. The molecule has 110 valence electrons. The van der Waals surface area contributed by atoms with E-state index < -0.39 is 0 Å². The second kappa shape index (κ2) is 7.23. The summed E-state index contributed by atoms with van der Waals surface area (Å²) in [5.41, 5.74) is 4.18. The molecule has 2 nitrogen and oxygen atoms in total. The van der Waals surface area contributed by atoms with Gasteiger partial charge in [0.2, 0.25) is 5.91 Å². The Balaban J connectivity index is 2.11. The first-order valence-electron chi connectivity index (χ1n) is 6.71. The third kappa shape index (κ3) is 3.95. The summed E-state index contributed by atoms with van der Waals surface area (Å²) in [6, 6.07) is 15.8. The fourth-order valence-corrected chi connectivity index (χ4v) is 2.99. The lowest BCUT2D eigenvalue weighted by Gasteiger charge is -2.18. The molecule has 0 heterocycles. The van der Waals surface area contributed by atoms with Crippen molar-refractivity contribution < 1.29 is 4.79 Å². The highest BCUT2D eigenvalue weighted by Crippen LogP contribution is 2.32. The molecule has 0 saturated heterocycles. The van der Waals surface area contributed by atoms with E-state index in [9.17, 15) is 4.79 Å². The fourth-order valence-electron chi connectivity index (χ4n) is 2.03. The van der Waals surface area contributed by atoms with Crippen molar-refractivity contribution in [3.05, 3.63) is 65.2 Å². The Morgan fingerprint density at radius 3 is 2.33 bits per heavy atom. The lowest BCUT2D eigenvalue weighted by atomic mass is 10.1. The largest absolute Gasteiger partial charge is 0.325 e. The summed E-state index contributed by atoms with van der Waals surface area (Å²) >= 11 is 7.08. The molecular weight excluding hydrogens is 394 g/mol. The van der Waals surface area contributed by atoms with Gasteiger partial charge < -0.3 is 5.32 Å². The van der Waals surface area contributed by atoms with Crippen LogP contribution in [0.15, 0.2) is 48.5 Å². The maximum Gasteiger partial charge on any atom is 0.239 e. The summed E-state index contributed by atoms with van der Waals surface area (Å²) in [7, 11) is 0. The van der Waals surface area contributed by atoms with Crippen LogP contribution < -0.4 is 5.32 Å². The number of hydrogen-bond donors (Lipinski definition) is 1. The number of anilines is 1. The van der Waals surface area contributed by atoms with Crippen LogP contribution in [0, 0.1) is 13.8 Å². The van der Waals surface area contributed by atoms with E-state index in [4.69, 9.17) is 0 Å². The van der Waals surface area contributed by atoms with E-state index in [0.717, 1.165) is 22.4 Å². The average Bonchev–Trinajstić information content (AvgIpc) is 2.51. The van der Waals surface area contributed by atoms with Crippen molar-refractivity contribution in [2.45, 2.75) is 23.5 Å². The van der Waals surface area contributed by atoms with Crippen LogP contribution in [0.5, 0.6) is 0 Å². The van der Waals surface area contributed by atoms with Crippen molar-refractivity contribution in [3.63, 3.8) is 0 Å². The molecule has 1 N–H and O–H groups in total. The number of hydrogen-bond acceptors (Lipinski definition) is 1. The maximum atomic E-state index is 12.4. The van der Waals surface area contributed by atoms with Gasteiger partial charge in [-0.2, -0.15) is 0 Å². The van der Waals surface area contributed by atoms with E-state index in [1.165, 1.54) is 0 Å². The van der Waals surface area contributed by atoms with Crippen LogP contribution in [-0.4, -0.2) is 10.7 Å². The highest BCUT2D eigenvalue weighted by molar-refractivity contribution is 9.12. The van der Waals surface area contributed by atoms with E-state index in [1.54, 1.807) is 0 Å². The minimum atomic E-state index is -0.347. The molecule has 0 aliphatic rings.